The number of carbonyl (C=O) groups excluding carboxylic acids is 1. The summed E-state index contributed by atoms with van der Waals surface area (Å²) in [5.41, 5.74) is 0.472. The van der Waals surface area contributed by atoms with Crippen LogP contribution in [0.25, 0.3) is 0 Å². The van der Waals surface area contributed by atoms with Gasteiger partial charge in [0.05, 0.1) is 18.3 Å². The van der Waals surface area contributed by atoms with Crippen LogP contribution in [0.4, 0.5) is 8.78 Å². The van der Waals surface area contributed by atoms with Crippen molar-refractivity contribution >= 4 is 18.3 Å². The first-order valence-electron chi connectivity index (χ1n) is 8.97. The Morgan fingerprint density at radius 1 is 1.37 bits per heavy atom. The molecule has 1 saturated heterocycles. The fourth-order valence-electron chi connectivity index (χ4n) is 3.24. The van der Waals surface area contributed by atoms with E-state index in [9.17, 15) is 13.6 Å². The van der Waals surface area contributed by atoms with Crippen LogP contribution in [0, 0.1) is 11.6 Å². The molecule has 1 fully saturated rings. The zero-order chi connectivity index (χ0) is 18.5. The zero-order valence-corrected chi connectivity index (χ0v) is 15.9. The number of benzene rings is 1. The molecule has 0 saturated carbocycles. The van der Waals surface area contributed by atoms with E-state index in [-0.39, 0.29) is 29.7 Å². The van der Waals surface area contributed by atoms with Gasteiger partial charge < -0.3 is 10.6 Å². The fraction of sp³-hybridized carbons (Fsp3) is 0.500. The van der Waals surface area contributed by atoms with Crippen molar-refractivity contribution in [2.24, 2.45) is 0 Å². The second-order valence-corrected chi connectivity index (χ2v) is 6.55. The van der Waals surface area contributed by atoms with Gasteiger partial charge in [0.25, 0.3) is 5.91 Å². The van der Waals surface area contributed by atoms with Gasteiger partial charge in [-0.15, -0.1) is 17.5 Å². The van der Waals surface area contributed by atoms with Crippen molar-refractivity contribution in [2.45, 2.75) is 44.7 Å². The van der Waals surface area contributed by atoms with E-state index in [0.717, 1.165) is 38.4 Å². The first-order valence-corrected chi connectivity index (χ1v) is 8.97. The second-order valence-electron chi connectivity index (χ2n) is 6.55. The van der Waals surface area contributed by atoms with Gasteiger partial charge in [0.15, 0.2) is 5.69 Å². The maximum Gasteiger partial charge on any atom is 0.273 e. The lowest BCUT2D eigenvalue weighted by atomic mass is 10.0. The molecule has 1 amide bonds. The highest BCUT2D eigenvalue weighted by atomic mass is 35.5. The Morgan fingerprint density at radius 2 is 2.11 bits per heavy atom. The quantitative estimate of drug-likeness (QED) is 0.782. The van der Waals surface area contributed by atoms with Crippen LogP contribution in [-0.4, -0.2) is 34.0 Å². The highest BCUT2D eigenvalue weighted by molar-refractivity contribution is 5.92. The summed E-state index contributed by atoms with van der Waals surface area (Å²) in [7, 11) is 0. The molecule has 0 aliphatic carbocycles. The molecule has 1 aliphatic heterocycles. The van der Waals surface area contributed by atoms with E-state index < -0.39 is 23.6 Å². The number of halogens is 3. The van der Waals surface area contributed by atoms with Crippen molar-refractivity contribution in [3.05, 3.63) is 47.3 Å². The summed E-state index contributed by atoms with van der Waals surface area (Å²) in [6, 6.07) is 3.08. The summed E-state index contributed by atoms with van der Waals surface area (Å²) in [6.07, 6.45) is 4.78. The molecule has 27 heavy (non-hydrogen) atoms. The third kappa shape index (κ3) is 5.23. The first kappa shape index (κ1) is 21.2. The highest BCUT2D eigenvalue weighted by Crippen LogP contribution is 2.23. The number of nitrogens with zero attached hydrogens (tertiary/aromatic N) is 3. The Morgan fingerprint density at radius 3 is 2.78 bits per heavy atom. The smallest absolute Gasteiger partial charge is 0.273 e. The lowest BCUT2D eigenvalue weighted by molar-refractivity contribution is 0.0928. The monoisotopic (exact) mass is 399 g/mol. The van der Waals surface area contributed by atoms with Crippen LogP contribution in [0.5, 0.6) is 0 Å². The van der Waals surface area contributed by atoms with Crippen molar-refractivity contribution in [3.8, 4) is 0 Å². The Labute approximate surface area is 163 Å². The highest BCUT2D eigenvalue weighted by Gasteiger charge is 2.22. The van der Waals surface area contributed by atoms with Crippen LogP contribution < -0.4 is 10.6 Å². The normalized spacial score (nSPS) is 15.8. The summed E-state index contributed by atoms with van der Waals surface area (Å²) >= 11 is 0. The summed E-state index contributed by atoms with van der Waals surface area (Å²) in [5, 5.41) is 14.1. The molecular formula is C18H24ClF2N5O. The molecular weight excluding hydrogens is 376 g/mol. The number of carbonyl (C=O) groups is 1. The third-order valence-corrected chi connectivity index (χ3v) is 4.65. The Bertz CT molecular complexity index is 764. The van der Waals surface area contributed by atoms with Crippen LogP contribution >= 0.6 is 12.4 Å². The van der Waals surface area contributed by atoms with E-state index >= 15 is 0 Å². The van der Waals surface area contributed by atoms with E-state index in [0.29, 0.717) is 6.42 Å². The van der Waals surface area contributed by atoms with Crippen molar-refractivity contribution in [2.75, 3.05) is 13.1 Å². The van der Waals surface area contributed by atoms with Crippen LogP contribution in [0.1, 0.15) is 60.7 Å². The minimum absolute atomic E-state index is 0. The number of piperidine rings is 1. The van der Waals surface area contributed by atoms with Crippen LogP contribution in [-0.2, 0) is 0 Å². The summed E-state index contributed by atoms with van der Waals surface area (Å²) in [4.78, 5) is 12.5. The summed E-state index contributed by atoms with van der Waals surface area (Å²) in [5.74, 6) is -1.72. The SMILES string of the molecule is CCCC(NC(=O)c1cn(C2CCNCC2)nn1)c1ccc(F)cc1F.Cl. The molecule has 0 radical (unpaired) electrons. The number of amides is 1. The number of nitrogens with one attached hydrogen (secondary N) is 2. The summed E-state index contributed by atoms with van der Waals surface area (Å²) < 4.78 is 29.0. The van der Waals surface area contributed by atoms with Crippen LogP contribution in [0.3, 0.4) is 0 Å². The molecule has 1 unspecified atom stereocenters. The minimum atomic E-state index is -0.665. The van der Waals surface area contributed by atoms with Gasteiger partial charge in [-0.25, -0.2) is 13.5 Å². The first-order chi connectivity index (χ1) is 12.6. The molecule has 1 atom stereocenters. The molecule has 1 aromatic carbocycles. The van der Waals surface area contributed by atoms with E-state index in [1.54, 1.807) is 10.9 Å². The van der Waals surface area contributed by atoms with Gasteiger partial charge in [-0.05, 0) is 38.4 Å². The van der Waals surface area contributed by atoms with Gasteiger partial charge in [0.2, 0.25) is 0 Å². The fourth-order valence-corrected chi connectivity index (χ4v) is 3.24. The van der Waals surface area contributed by atoms with E-state index in [1.165, 1.54) is 12.1 Å². The summed E-state index contributed by atoms with van der Waals surface area (Å²) in [6.45, 7) is 3.76. The van der Waals surface area contributed by atoms with Gasteiger partial charge in [0, 0.05) is 11.6 Å². The lowest BCUT2D eigenvalue weighted by Gasteiger charge is -2.22. The predicted molar refractivity (Wildman–Crippen MR) is 99.9 cm³/mol. The van der Waals surface area contributed by atoms with Gasteiger partial charge in [0.1, 0.15) is 11.6 Å². The van der Waals surface area contributed by atoms with E-state index in [1.807, 2.05) is 6.92 Å². The van der Waals surface area contributed by atoms with Gasteiger partial charge in [-0.3, -0.25) is 4.79 Å². The molecule has 1 aliphatic rings. The predicted octanol–water partition coefficient (Wildman–Crippen LogP) is 3.17. The Hall–Kier alpha value is -2.06. The number of hydrogen-bond acceptors (Lipinski definition) is 4. The maximum absolute atomic E-state index is 14.1. The van der Waals surface area contributed by atoms with Gasteiger partial charge in [-0.2, -0.15) is 0 Å². The molecule has 148 valence electrons. The number of aromatic nitrogens is 3. The van der Waals surface area contributed by atoms with Crippen molar-refractivity contribution < 1.29 is 13.6 Å². The number of hydrogen-bond donors (Lipinski definition) is 2. The molecule has 2 aromatic rings. The third-order valence-electron chi connectivity index (χ3n) is 4.65. The zero-order valence-electron chi connectivity index (χ0n) is 15.1. The molecule has 2 N–H and O–H groups in total. The maximum atomic E-state index is 14.1. The minimum Gasteiger partial charge on any atom is -0.344 e. The van der Waals surface area contributed by atoms with Crippen molar-refractivity contribution in [1.82, 2.24) is 25.6 Å². The second kappa shape index (κ2) is 9.75. The van der Waals surface area contributed by atoms with Crippen molar-refractivity contribution in [3.63, 3.8) is 0 Å². The molecule has 3 rings (SSSR count). The number of rotatable bonds is 6. The Balaban J connectivity index is 0.00000261. The van der Waals surface area contributed by atoms with E-state index in [4.69, 9.17) is 0 Å². The molecule has 6 nitrogen and oxygen atoms in total. The molecule has 0 bridgehead atoms. The lowest BCUT2D eigenvalue weighted by Crippen LogP contribution is -2.30. The molecule has 2 heterocycles. The van der Waals surface area contributed by atoms with Crippen molar-refractivity contribution in [1.29, 1.82) is 0 Å². The topological polar surface area (TPSA) is 71.8 Å². The molecule has 1 aromatic heterocycles. The Kier molecular flexibility index (Phi) is 7.67. The average molecular weight is 400 g/mol. The standard InChI is InChI=1S/C18H23F2N5O.ClH/c1-2-3-16(14-5-4-12(19)10-15(14)20)22-18(26)17-11-25(24-23-17)13-6-8-21-9-7-13;/h4-5,10-11,13,16,21H,2-3,6-9H2,1H3,(H,22,26);1H. The van der Waals surface area contributed by atoms with Gasteiger partial charge in [-0.1, -0.05) is 24.6 Å². The molecule has 9 heteroatoms. The molecule has 0 spiro atoms. The van der Waals surface area contributed by atoms with Crippen LogP contribution in [0.15, 0.2) is 24.4 Å². The largest absolute Gasteiger partial charge is 0.344 e. The average Bonchev–Trinajstić information content (AvgIpc) is 3.12. The van der Waals surface area contributed by atoms with Crippen LogP contribution in [0.2, 0.25) is 0 Å². The van der Waals surface area contributed by atoms with E-state index in [2.05, 4.69) is 20.9 Å². The van der Waals surface area contributed by atoms with Gasteiger partial charge >= 0.3 is 0 Å².